The SMILES string of the molecule is CC1CCC1.CN/C=C/C(C)OC(=O)C1(O)c2ccccc2Oc2ccccc21. The molecular formula is C24H29NO4. The zero-order chi connectivity index (χ0) is 20.9. The van der Waals surface area contributed by atoms with Crippen LogP contribution in [0.25, 0.3) is 0 Å². The second-order valence-electron chi connectivity index (χ2n) is 7.60. The van der Waals surface area contributed by atoms with Gasteiger partial charge in [0.1, 0.15) is 17.6 Å². The third-order valence-corrected chi connectivity index (χ3v) is 5.29. The topological polar surface area (TPSA) is 67.8 Å². The van der Waals surface area contributed by atoms with Crippen molar-refractivity contribution >= 4 is 5.97 Å². The van der Waals surface area contributed by atoms with E-state index in [-0.39, 0.29) is 0 Å². The third kappa shape index (κ3) is 4.46. The smallest absolute Gasteiger partial charge is 0.348 e. The lowest BCUT2D eigenvalue weighted by Crippen LogP contribution is -2.41. The van der Waals surface area contributed by atoms with Crippen molar-refractivity contribution in [1.29, 1.82) is 0 Å². The van der Waals surface area contributed by atoms with Gasteiger partial charge in [-0.05, 0) is 37.3 Å². The van der Waals surface area contributed by atoms with Crippen molar-refractivity contribution in [2.24, 2.45) is 5.92 Å². The Hall–Kier alpha value is -2.79. The summed E-state index contributed by atoms with van der Waals surface area (Å²) in [6.07, 6.45) is 7.34. The summed E-state index contributed by atoms with van der Waals surface area (Å²) in [5.41, 5.74) is -1.16. The van der Waals surface area contributed by atoms with Crippen molar-refractivity contribution in [1.82, 2.24) is 5.32 Å². The van der Waals surface area contributed by atoms with E-state index in [1.54, 1.807) is 74.8 Å². The third-order valence-electron chi connectivity index (χ3n) is 5.29. The van der Waals surface area contributed by atoms with Crippen molar-refractivity contribution in [3.63, 3.8) is 0 Å². The van der Waals surface area contributed by atoms with Gasteiger partial charge >= 0.3 is 5.97 Å². The second-order valence-corrected chi connectivity index (χ2v) is 7.60. The Balaban J connectivity index is 0.000000419. The van der Waals surface area contributed by atoms with Gasteiger partial charge in [0.25, 0.3) is 0 Å². The van der Waals surface area contributed by atoms with Gasteiger partial charge in [-0.2, -0.15) is 0 Å². The number of fused-ring (bicyclic) bond motifs is 2. The number of carbonyl (C=O) groups excluding carboxylic acids is 1. The highest BCUT2D eigenvalue weighted by molar-refractivity contribution is 5.88. The molecule has 1 fully saturated rings. The van der Waals surface area contributed by atoms with Crippen LogP contribution in [0.15, 0.2) is 60.8 Å². The molecule has 5 nitrogen and oxygen atoms in total. The van der Waals surface area contributed by atoms with Crippen LogP contribution in [-0.2, 0) is 15.1 Å². The molecule has 2 N–H and O–H groups in total. The highest BCUT2D eigenvalue weighted by Gasteiger charge is 2.48. The molecule has 0 spiro atoms. The van der Waals surface area contributed by atoms with Gasteiger partial charge in [-0.15, -0.1) is 0 Å². The molecule has 29 heavy (non-hydrogen) atoms. The molecule has 1 saturated carbocycles. The summed E-state index contributed by atoms with van der Waals surface area (Å²) in [5, 5.41) is 14.2. The number of carbonyl (C=O) groups is 1. The molecule has 4 rings (SSSR count). The van der Waals surface area contributed by atoms with Crippen molar-refractivity contribution < 1.29 is 19.4 Å². The van der Waals surface area contributed by atoms with Gasteiger partial charge in [-0.1, -0.05) is 62.6 Å². The van der Waals surface area contributed by atoms with Crippen molar-refractivity contribution in [3.05, 3.63) is 71.9 Å². The number of aliphatic hydroxyl groups is 1. The number of ether oxygens (including phenoxy) is 2. The monoisotopic (exact) mass is 395 g/mol. The van der Waals surface area contributed by atoms with Gasteiger partial charge in [-0.3, -0.25) is 0 Å². The molecule has 2 aromatic rings. The summed E-state index contributed by atoms with van der Waals surface area (Å²) in [6, 6.07) is 13.8. The zero-order valence-electron chi connectivity index (χ0n) is 17.2. The summed E-state index contributed by atoms with van der Waals surface area (Å²) in [6.45, 7) is 4.04. The van der Waals surface area contributed by atoms with Crippen LogP contribution >= 0.6 is 0 Å². The summed E-state index contributed by atoms with van der Waals surface area (Å²) in [7, 11) is 1.75. The fourth-order valence-corrected chi connectivity index (χ4v) is 3.33. The van der Waals surface area contributed by atoms with Crippen LogP contribution in [0.1, 0.15) is 44.2 Å². The Morgan fingerprint density at radius 2 is 1.69 bits per heavy atom. The molecule has 0 aromatic heterocycles. The Morgan fingerprint density at radius 1 is 1.17 bits per heavy atom. The predicted octanol–water partition coefficient (Wildman–Crippen LogP) is 4.50. The highest BCUT2D eigenvalue weighted by atomic mass is 16.6. The maximum Gasteiger partial charge on any atom is 0.348 e. The van der Waals surface area contributed by atoms with Crippen LogP contribution in [0.3, 0.4) is 0 Å². The molecule has 154 valence electrons. The number of para-hydroxylation sites is 2. The van der Waals surface area contributed by atoms with Crippen LogP contribution in [0.5, 0.6) is 11.5 Å². The lowest BCUT2D eigenvalue weighted by Gasteiger charge is -2.34. The highest BCUT2D eigenvalue weighted by Crippen LogP contribution is 2.47. The number of benzene rings is 2. The summed E-state index contributed by atoms with van der Waals surface area (Å²) in [4.78, 5) is 12.8. The molecule has 2 aliphatic rings. The van der Waals surface area contributed by atoms with Crippen molar-refractivity contribution in [3.8, 4) is 11.5 Å². The maximum absolute atomic E-state index is 12.8. The van der Waals surface area contributed by atoms with E-state index in [1.807, 2.05) is 0 Å². The molecule has 2 aromatic carbocycles. The fourth-order valence-electron chi connectivity index (χ4n) is 3.33. The van der Waals surface area contributed by atoms with E-state index in [2.05, 4.69) is 12.2 Å². The largest absolute Gasteiger partial charge is 0.457 e. The average molecular weight is 395 g/mol. The molecule has 5 heteroatoms. The average Bonchev–Trinajstić information content (AvgIpc) is 2.71. The molecule has 1 heterocycles. The number of nitrogens with one attached hydrogen (secondary N) is 1. The lowest BCUT2D eigenvalue weighted by molar-refractivity contribution is -0.165. The minimum atomic E-state index is -1.91. The van der Waals surface area contributed by atoms with Gasteiger partial charge in [0.2, 0.25) is 5.60 Å². The van der Waals surface area contributed by atoms with E-state index in [1.165, 1.54) is 19.3 Å². The van der Waals surface area contributed by atoms with E-state index < -0.39 is 17.7 Å². The summed E-state index contributed by atoms with van der Waals surface area (Å²) in [5.74, 6) is 1.21. The Morgan fingerprint density at radius 3 is 2.14 bits per heavy atom. The number of hydrogen-bond acceptors (Lipinski definition) is 5. The van der Waals surface area contributed by atoms with Crippen LogP contribution < -0.4 is 10.1 Å². The summed E-state index contributed by atoms with van der Waals surface area (Å²) >= 11 is 0. The van der Waals surface area contributed by atoms with E-state index in [0.717, 1.165) is 5.92 Å². The van der Waals surface area contributed by atoms with Crippen LogP contribution in [0.4, 0.5) is 0 Å². The van der Waals surface area contributed by atoms with Crippen LogP contribution in [0.2, 0.25) is 0 Å². The number of rotatable bonds is 4. The fraction of sp³-hybridized carbons (Fsp3) is 0.375. The Kier molecular flexibility index (Phi) is 6.60. The van der Waals surface area contributed by atoms with Gasteiger partial charge in [-0.25, -0.2) is 4.79 Å². The van der Waals surface area contributed by atoms with Gasteiger partial charge < -0.3 is 19.9 Å². The second kappa shape index (κ2) is 9.14. The predicted molar refractivity (Wildman–Crippen MR) is 113 cm³/mol. The van der Waals surface area contributed by atoms with E-state index in [4.69, 9.17) is 9.47 Å². The van der Waals surface area contributed by atoms with Gasteiger partial charge in [0, 0.05) is 18.2 Å². The first-order valence-electron chi connectivity index (χ1n) is 10.1. The molecule has 1 aliphatic carbocycles. The quantitative estimate of drug-likeness (QED) is 0.746. The molecule has 1 atom stereocenters. The van der Waals surface area contributed by atoms with Crippen LogP contribution in [-0.4, -0.2) is 24.2 Å². The molecule has 0 bridgehead atoms. The molecule has 0 saturated heterocycles. The minimum Gasteiger partial charge on any atom is -0.457 e. The minimum absolute atomic E-state index is 0.374. The van der Waals surface area contributed by atoms with Crippen LogP contribution in [0, 0.1) is 5.92 Å². The first kappa shape index (κ1) is 20.9. The Bertz CT molecular complexity index is 827. The van der Waals surface area contributed by atoms with Crippen molar-refractivity contribution in [2.75, 3.05) is 7.05 Å². The standard InChI is InChI=1S/C19H19NO4.C5H10/c1-13(11-12-20-2)23-18(21)19(22)14-7-3-5-9-16(14)24-17-10-6-4-8-15(17)19;1-5-3-2-4-5/h3-13,20,22H,1-2H3;5H,2-4H2,1H3/b12-11+;. The molecule has 1 aliphatic heterocycles. The maximum atomic E-state index is 12.8. The first-order valence-corrected chi connectivity index (χ1v) is 10.1. The first-order chi connectivity index (χ1) is 14.0. The number of hydrogen-bond donors (Lipinski definition) is 2. The zero-order valence-corrected chi connectivity index (χ0v) is 17.2. The van der Waals surface area contributed by atoms with E-state index >= 15 is 0 Å². The van der Waals surface area contributed by atoms with Crippen molar-refractivity contribution in [2.45, 2.75) is 44.8 Å². The summed E-state index contributed by atoms with van der Waals surface area (Å²) < 4.78 is 11.2. The molecule has 1 unspecified atom stereocenters. The van der Waals surface area contributed by atoms with E-state index in [9.17, 15) is 9.90 Å². The molecule has 0 radical (unpaired) electrons. The molecular weight excluding hydrogens is 366 g/mol. The van der Waals surface area contributed by atoms with E-state index in [0.29, 0.717) is 22.6 Å². The Labute approximate surface area is 172 Å². The van der Waals surface area contributed by atoms with Gasteiger partial charge in [0.05, 0.1) is 0 Å². The lowest BCUT2D eigenvalue weighted by atomic mass is 9.83. The normalized spacial score (nSPS) is 17.5. The number of esters is 1. The van der Waals surface area contributed by atoms with Gasteiger partial charge in [0.15, 0.2) is 0 Å². The molecule has 0 amide bonds.